The molecule has 0 radical (unpaired) electrons. The number of fused-ring (bicyclic) bond motifs is 1. The number of carbonyl (C=O) groups is 2. The zero-order chi connectivity index (χ0) is 16.9. The van der Waals surface area contributed by atoms with Gasteiger partial charge in [-0.1, -0.05) is 30.3 Å². The molecule has 24 heavy (non-hydrogen) atoms. The van der Waals surface area contributed by atoms with E-state index in [-0.39, 0.29) is 18.4 Å². The summed E-state index contributed by atoms with van der Waals surface area (Å²) in [5, 5.41) is 5.50. The lowest BCUT2D eigenvalue weighted by Crippen LogP contribution is -2.40. The van der Waals surface area contributed by atoms with Gasteiger partial charge in [-0.2, -0.15) is 0 Å². The van der Waals surface area contributed by atoms with Gasteiger partial charge in [-0.25, -0.2) is 0 Å². The third kappa shape index (κ3) is 3.56. The topological polar surface area (TPSA) is 67.4 Å². The summed E-state index contributed by atoms with van der Waals surface area (Å²) in [6.07, 6.45) is 0.993. The number of hydrogen-bond donors (Lipinski definition) is 2. The molecule has 0 heterocycles. The molecule has 2 aromatic carbocycles. The molecule has 0 aromatic heterocycles. The fourth-order valence-corrected chi connectivity index (χ4v) is 2.87. The maximum Gasteiger partial charge on any atom is 0.251 e. The number of amides is 2. The molecule has 1 atom stereocenters. The summed E-state index contributed by atoms with van der Waals surface area (Å²) in [7, 11) is 1.54. The molecule has 5 heteroatoms. The Hall–Kier alpha value is -2.82. The Morgan fingerprint density at radius 1 is 1.12 bits per heavy atom. The average molecular weight is 324 g/mol. The van der Waals surface area contributed by atoms with E-state index in [0.717, 1.165) is 6.42 Å². The third-order valence-corrected chi connectivity index (χ3v) is 4.25. The minimum atomic E-state index is -0.293. The van der Waals surface area contributed by atoms with Crippen molar-refractivity contribution >= 4 is 11.8 Å². The van der Waals surface area contributed by atoms with Crippen LogP contribution in [0.4, 0.5) is 0 Å². The van der Waals surface area contributed by atoms with Gasteiger partial charge in [-0.05, 0) is 35.7 Å². The molecule has 0 saturated heterocycles. The molecule has 1 aliphatic rings. The van der Waals surface area contributed by atoms with E-state index in [4.69, 9.17) is 4.74 Å². The number of methoxy groups -OCH3 is 1. The second kappa shape index (κ2) is 7.17. The molecule has 0 aliphatic heterocycles. The predicted molar refractivity (Wildman–Crippen MR) is 91.2 cm³/mol. The summed E-state index contributed by atoms with van der Waals surface area (Å²) in [5.74, 6) is 0.503. The highest BCUT2D eigenvalue weighted by molar-refractivity contribution is 5.96. The summed E-state index contributed by atoms with van der Waals surface area (Å²) >= 11 is 0. The van der Waals surface area contributed by atoms with Crippen LogP contribution in [0, 0.1) is 0 Å². The average Bonchev–Trinajstić information content (AvgIpc) is 2.60. The van der Waals surface area contributed by atoms with Gasteiger partial charge in [-0.3, -0.25) is 9.59 Å². The van der Waals surface area contributed by atoms with Gasteiger partial charge in [0.15, 0.2) is 0 Å². The quantitative estimate of drug-likeness (QED) is 0.852. The molecule has 0 fully saturated rings. The Kier molecular flexibility index (Phi) is 4.79. The molecular weight excluding hydrogens is 304 g/mol. The molecule has 2 aromatic rings. The van der Waals surface area contributed by atoms with Crippen LogP contribution in [0.2, 0.25) is 0 Å². The van der Waals surface area contributed by atoms with E-state index in [1.807, 2.05) is 12.1 Å². The van der Waals surface area contributed by atoms with Crippen LogP contribution in [0.25, 0.3) is 0 Å². The number of hydrogen-bond acceptors (Lipinski definition) is 3. The van der Waals surface area contributed by atoms with Crippen LogP contribution in [0.1, 0.15) is 27.4 Å². The molecule has 2 amide bonds. The first-order valence-corrected chi connectivity index (χ1v) is 7.94. The molecular formula is C19H20N2O3. The fraction of sp³-hybridized carbons (Fsp3) is 0.263. The summed E-state index contributed by atoms with van der Waals surface area (Å²) in [6, 6.07) is 15.1. The van der Waals surface area contributed by atoms with Crippen molar-refractivity contribution in [2.75, 3.05) is 20.2 Å². The van der Waals surface area contributed by atoms with E-state index in [1.54, 1.807) is 31.4 Å². The van der Waals surface area contributed by atoms with Crippen molar-refractivity contribution in [3.05, 3.63) is 65.2 Å². The van der Waals surface area contributed by atoms with Gasteiger partial charge < -0.3 is 15.4 Å². The van der Waals surface area contributed by atoms with Gasteiger partial charge >= 0.3 is 0 Å². The Labute approximate surface area is 141 Å². The van der Waals surface area contributed by atoms with E-state index in [1.165, 1.54) is 11.1 Å². The van der Waals surface area contributed by atoms with Crippen LogP contribution in [-0.2, 0) is 11.2 Å². The Bertz CT molecular complexity index is 758. The second-order valence-corrected chi connectivity index (χ2v) is 5.82. The molecule has 0 saturated carbocycles. The Balaban J connectivity index is 1.43. The van der Waals surface area contributed by atoms with E-state index in [9.17, 15) is 9.59 Å². The van der Waals surface area contributed by atoms with Crippen molar-refractivity contribution in [2.45, 2.75) is 12.3 Å². The van der Waals surface area contributed by atoms with E-state index >= 15 is 0 Å². The lowest BCUT2D eigenvalue weighted by atomic mass is 9.77. The van der Waals surface area contributed by atoms with E-state index in [0.29, 0.717) is 23.8 Å². The Morgan fingerprint density at radius 3 is 2.75 bits per heavy atom. The van der Waals surface area contributed by atoms with Crippen molar-refractivity contribution in [3.63, 3.8) is 0 Å². The largest absolute Gasteiger partial charge is 0.497 e. The minimum Gasteiger partial charge on any atom is -0.497 e. The second-order valence-electron chi connectivity index (χ2n) is 5.82. The van der Waals surface area contributed by atoms with Crippen LogP contribution in [-0.4, -0.2) is 32.0 Å². The van der Waals surface area contributed by atoms with Crippen molar-refractivity contribution in [1.29, 1.82) is 0 Å². The maximum absolute atomic E-state index is 12.0. The molecule has 1 unspecified atom stereocenters. The summed E-state index contributed by atoms with van der Waals surface area (Å²) in [6.45, 7) is 0.565. The summed E-state index contributed by atoms with van der Waals surface area (Å²) < 4.78 is 5.08. The summed E-state index contributed by atoms with van der Waals surface area (Å²) in [5.41, 5.74) is 3.12. The van der Waals surface area contributed by atoms with Gasteiger partial charge in [0.05, 0.1) is 13.7 Å². The minimum absolute atomic E-state index is 0.0373. The van der Waals surface area contributed by atoms with Crippen LogP contribution in [0.15, 0.2) is 48.5 Å². The maximum atomic E-state index is 12.0. The molecule has 0 spiro atoms. The van der Waals surface area contributed by atoms with Crippen molar-refractivity contribution in [3.8, 4) is 5.75 Å². The van der Waals surface area contributed by atoms with Gasteiger partial charge in [0.2, 0.25) is 5.91 Å². The van der Waals surface area contributed by atoms with Crippen molar-refractivity contribution < 1.29 is 14.3 Å². The van der Waals surface area contributed by atoms with Gasteiger partial charge in [0, 0.05) is 18.0 Å². The number of benzene rings is 2. The van der Waals surface area contributed by atoms with Gasteiger partial charge in [-0.15, -0.1) is 0 Å². The number of ether oxygens (including phenoxy) is 1. The monoisotopic (exact) mass is 324 g/mol. The van der Waals surface area contributed by atoms with Gasteiger partial charge in [0.25, 0.3) is 5.91 Å². The normalized spacial score (nSPS) is 15.0. The molecule has 5 nitrogen and oxygen atoms in total. The zero-order valence-corrected chi connectivity index (χ0v) is 13.5. The SMILES string of the molecule is COc1cccc(C(=O)NCC(=O)NCC2Cc3ccccc32)c1. The Morgan fingerprint density at radius 2 is 1.96 bits per heavy atom. The van der Waals surface area contributed by atoms with Crippen LogP contribution >= 0.6 is 0 Å². The van der Waals surface area contributed by atoms with Crippen molar-refractivity contribution in [2.24, 2.45) is 0 Å². The lowest BCUT2D eigenvalue weighted by molar-refractivity contribution is -0.120. The molecule has 124 valence electrons. The first-order chi connectivity index (χ1) is 11.7. The smallest absolute Gasteiger partial charge is 0.251 e. The zero-order valence-electron chi connectivity index (χ0n) is 13.5. The lowest BCUT2D eigenvalue weighted by Gasteiger charge is -2.30. The first-order valence-electron chi connectivity index (χ1n) is 7.94. The van der Waals surface area contributed by atoms with Crippen LogP contribution in [0.3, 0.4) is 0 Å². The van der Waals surface area contributed by atoms with Crippen molar-refractivity contribution in [1.82, 2.24) is 10.6 Å². The van der Waals surface area contributed by atoms with Crippen LogP contribution < -0.4 is 15.4 Å². The third-order valence-electron chi connectivity index (χ3n) is 4.25. The molecule has 0 bridgehead atoms. The number of carbonyl (C=O) groups excluding carboxylic acids is 2. The van der Waals surface area contributed by atoms with Crippen LogP contribution in [0.5, 0.6) is 5.75 Å². The fourth-order valence-electron chi connectivity index (χ4n) is 2.87. The van der Waals surface area contributed by atoms with E-state index in [2.05, 4.69) is 22.8 Å². The number of nitrogens with one attached hydrogen (secondary N) is 2. The van der Waals surface area contributed by atoms with E-state index < -0.39 is 0 Å². The highest BCUT2D eigenvalue weighted by atomic mass is 16.5. The standard InChI is InChI=1S/C19H20N2O3/c1-24-16-7-4-6-14(10-16)19(23)21-12-18(22)20-11-15-9-13-5-2-3-8-17(13)15/h2-8,10,15H,9,11-12H2,1H3,(H,20,22)(H,21,23). The summed E-state index contributed by atoms with van der Waals surface area (Å²) in [4.78, 5) is 23.9. The predicted octanol–water partition coefficient (Wildman–Crippen LogP) is 1.88. The first kappa shape index (κ1) is 16.1. The molecule has 3 rings (SSSR count). The highest BCUT2D eigenvalue weighted by Gasteiger charge is 2.25. The highest BCUT2D eigenvalue weighted by Crippen LogP contribution is 2.33. The van der Waals surface area contributed by atoms with Gasteiger partial charge in [0.1, 0.15) is 5.75 Å². The number of rotatable bonds is 6. The molecule has 2 N–H and O–H groups in total. The molecule has 1 aliphatic carbocycles.